The molecule has 1 aromatic carbocycles. The second-order valence-corrected chi connectivity index (χ2v) is 9.27. The van der Waals surface area contributed by atoms with Crippen molar-refractivity contribution in [2.24, 2.45) is 0 Å². The topological polar surface area (TPSA) is 82.4 Å². The second kappa shape index (κ2) is 9.63. The molecule has 31 heavy (non-hydrogen) atoms. The molecule has 0 bridgehead atoms. The highest BCUT2D eigenvalue weighted by Gasteiger charge is 2.32. The van der Waals surface area contributed by atoms with Gasteiger partial charge in [-0.15, -0.1) is 11.3 Å². The molecule has 0 saturated carbocycles. The SMILES string of the molecule is COC(=O)C1Cc2ccccc2CN1CCC(=O)Nc1sc2c(c1C#N)CCCCC2. The standard InChI is InChI=1S/C24H27N3O3S/c1-30-24(29)20-13-16-7-5-6-8-17(16)15-27(20)12-11-22(28)26-23-19(14-25)18-9-3-2-4-10-21(18)31-23/h5-8,20H,2-4,9-13,15H2,1H3,(H,26,28). The van der Waals surface area contributed by atoms with E-state index in [1.165, 1.54) is 24.0 Å². The molecule has 6 nitrogen and oxygen atoms in total. The molecule has 1 aliphatic heterocycles. The van der Waals surface area contributed by atoms with Gasteiger partial charge in [-0.2, -0.15) is 5.26 Å². The number of aryl methyl sites for hydroxylation is 1. The number of carbonyl (C=O) groups excluding carboxylic acids is 2. The lowest BCUT2D eigenvalue weighted by molar-refractivity contribution is -0.148. The van der Waals surface area contributed by atoms with Crippen LogP contribution in [0.15, 0.2) is 24.3 Å². The molecule has 2 aromatic rings. The summed E-state index contributed by atoms with van der Waals surface area (Å²) in [7, 11) is 1.40. The van der Waals surface area contributed by atoms with Gasteiger partial charge in [-0.3, -0.25) is 14.5 Å². The number of hydrogen-bond donors (Lipinski definition) is 1. The van der Waals surface area contributed by atoms with E-state index in [0.717, 1.165) is 36.8 Å². The zero-order valence-corrected chi connectivity index (χ0v) is 18.6. The summed E-state index contributed by atoms with van der Waals surface area (Å²) in [5, 5.41) is 13.3. The van der Waals surface area contributed by atoms with Gasteiger partial charge in [0.1, 0.15) is 17.1 Å². The minimum atomic E-state index is -0.389. The van der Waals surface area contributed by atoms with Crippen molar-refractivity contribution in [2.45, 2.75) is 57.5 Å². The first kappa shape index (κ1) is 21.5. The summed E-state index contributed by atoms with van der Waals surface area (Å²) in [6, 6.07) is 9.99. The highest BCUT2D eigenvalue weighted by atomic mass is 32.1. The second-order valence-electron chi connectivity index (χ2n) is 8.16. The number of thiophene rings is 1. The maximum absolute atomic E-state index is 12.7. The molecular weight excluding hydrogens is 410 g/mol. The van der Waals surface area contributed by atoms with Crippen molar-refractivity contribution in [1.82, 2.24) is 4.90 Å². The summed E-state index contributed by atoms with van der Waals surface area (Å²) < 4.78 is 5.01. The Bertz CT molecular complexity index is 1020. The zero-order valence-electron chi connectivity index (χ0n) is 17.8. The van der Waals surface area contributed by atoms with Gasteiger partial charge in [0.25, 0.3) is 0 Å². The fraction of sp³-hybridized carbons (Fsp3) is 0.458. The van der Waals surface area contributed by atoms with Crippen molar-refractivity contribution >= 4 is 28.2 Å². The smallest absolute Gasteiger partial charge is 0.323 e. The molecule has 1 aliphatic carbocycles. The Morgan fingerprint density at radius 1 is 1.23 bits per heavy atom. The molecule has 2 aliphatic rings. The largest absolute Gasteiger partial charge is 0.468 e. The number of nitriles is 1. The summed E-state index contributed by atoms with van der Waals surface area (Å²) in [5.74, 6) is -0.404. The number of rotatable bonds is 5. The van der Waals surface area contributed by atoms with E-state index in [1.807, 2.05) is 23.1 Å². The van der Waals surface area contributed by atoms with Gasteiger partial charge in [0.05, 0.1) is 12.7 Å². The molecule has 1 atom stereocenters. The van der Waals surface area contributed by atoms with Crippen molar-refractivity contribution in [1.29, 1.82) is 5.26 Å². The number of hydrogen-bond acceptors (Lipinski definition) is 6. The molecule has 0 fully saturated rings. The Hall–Kier alpha value is -2.69. The van der Waals surface area contributed by atoms with Crippen LogP contribution in [0.2, 0.25) is 0 Å². The van der Waals surface area contributed by atoms with Crippen molar-refractivity contribution in [3.05, 3.63) is 51.4 Å². The average Bonchev–Trinajstić information content (AvgIpc) is 2.94. The highest BCUT2D eigenvalue weighted by Crippen LogP contribution is 2.37. The van der Waals surface area contributed by atoms with Crippen LogP contribution in [0, 0.1) is 11.3 Å². The first-order valence-electron chi connectivity index (χ1n) is 10.8. The molecular formula is C24H27N3O3S. The molecule has 7 heteroatoms. The van der Waals surface area contributed by atoms with Crippen LogP contribution in [0.5, 0.6) is 0 Å². The summed E-state index contributed by atoms with van der Waals surface area (Å²) >= 11 is 1.55. The van der Waals surface area contributed by atoms with Gasteiger partial charge in [0.15, 0.2) is 0 Å². The molecule has 0 spiro atoms. The molecule has 1 amide bonds. The van der Waals surface area contributed by atoms with Gasteiger partial charge in [-0.1, -0.05) is 30.7 Å². The minimum absolute atomic E-state index is 0.129. The Balaban J connectivity index is 1.43. The van der Waals surface area contributed by atoms with Crippen LogP contribution in [0.3, 0.4) is 0 Å². The number of esters is 1. The van der Waals surface area contributed by atoms with Crippen LogP contribution >= 0.6 is 11.3 Å². The molecule has 4 rings (SSSR count). The summed E-state index contributed by atoms with van der Waals surface area (Å²) in [4.78, 5) is 28.3. The van der Waals surface area contributed by atoms with Gasteiger partial charge >= 0.3 is 5.97 Å². The first-order valence-corrected chi connectivity index (χ1v) is 11.7. The fourth-order valence-corrected chi connectivity index (χ4v) is 5.82. The Labute approximate surface area is 186 Å². The number of carbonyl (C=O) groups is 2. The Morgan fingerprint density at radius 2 is 2.00 bits per heavy atom. The van der Waals surface area contributed by atoms with E-state index in [9.17, 15) is 14.9 Å². The van der Waals surface area contributed by atoms with E-state index in [2.05, 4.69) is 17.5 Å². The van der Waals surface area contributed by atoms with Gasteiger partial charge in [-0.05, 0) is 48.8 Å². The lowest BCUT2D eigenvalue weighted by atomic mass is 9.94. The van der Waals surface area contributed by atoms with Crippen molar-refractivity contribution < 1.29 is 14.3 Å². The van der Waals surface area contributed by atoms with Crippen LogP contribution in [-0.2, 0) is 40.1 Å². The molecule has 2 heterocycles. The van der Waals surface area contributed by atoms with Gasteiger partial charge < -0.3 is 10.1 Å². The highest BCUT2D eigenvalue weighted by molar-refractivity contribution is 7.16. The average molecular weight is 438 g/mol. The number of nitrogens with zero attached hydrogens (tertiary/aromatic N) is 2. The number of ether oxygens (including phenoxy) is 1. The predicted molar refractivity (Wildman–Crippen MR) is 120 cm³/mol. The molecule has 1 aromatic heterocycles. The number of benzene rings is 1. The number of amides is 1. The Kier molecular flexibility index (Phi) is 6.69. The van der Waals surface area contributed by atoms with Crippen LogP contribution < -0.4 is 5.32 Å². The lowest BCUT2D eigenvalue weighted by Gasteiger charge is -2.34. The van der Waals surface area contributed by atoms with Crippen molar-refractivity contribution in [2.75, 3.05) is 19.0 Å². The maximum atomic E-state index is 12.7. The summed E-state index contributed by atoms with van der Waals surface area (Å²) in [6.07, 6.45) is 6.16. The van der Waals surface area contributed by atoms with E-state index < -0.39 is 0 Å². The van der Waals surface area contributed by atoms with Crippen LogP contribution in [0.4, 0.5) is 5.00 Å². The van der Waals surface area contributed by atoms with Crippen LogP contribution in [0.1, 0.15) is 52.8 Å². The van der Waals surface area contributed by atoms with E-state index in [4.69, 9.17) is 4.74 Å². The minimum Gasteiger partial charge on any atom is -0.468 e. The van der Waals surface area contributed by atoms with E-state index in [0.29, 0.717) is 30.1 Å². The normalized spacial score (nSPS) is 18.3. The van der Waals surface area contributed by atoms with Gasteiger partial charge in [0.2, 0.25) is 5.91 Å². The quantitative estimate of drug-likeness (QED) is 0.568. The molecule has 1 N–H and O–H groups in total. The molecule has 1 unspecified atom stereocenters. The summed E-state index contributed by atoms with van der Waals surface area (Å²) in [6.45, 7) is 1.06. The molecule has 0 radical (unpaired) electrons. The van der Waals surface area contributed by atoms with Crippen LogP contribution in [0.25, 0.3) is 0 Å². The van der Waals surface area contributed by atoms with Crippen molar-refractivity contribution in [3.63, 3.8) is 0 Å². The molecule has 162 valence electrons. The van der Waals surface area contributed by atoms with E-state index in [-0.39, 0.29) is 24.3 Å². The zero-order chi connectivity index (χ0) is 21.8. The third kappa shape index (κ3) is 4.65. The first-order chi connectivity index (χ1) is 15.1. The van der Waals surface area contributed by atoms with E-state index in [1.54, 1.807) is 11.3 Å². The Morgan fingerprint density at radius 3 is 2.77 bits per heavy atom. The fourth-order valence-electron chi connectivity index (χ4n) is 4.56. The van der Waals surface area contributed by atoms with Crippen LogP contribution in [-0.4, -0.2) is 36.5 Å². The molecule has 0 saturated heterocycles. The summed E-state index contributed by atoms with van der Waals surface area (Å²) in [5.41, 5.74) is 4.09. The lowest BCUT2D eigenvalue weighted by Crippen LogP contribution is -2.47. The van der Waals surface area contributed by atoms with E-state index >= 15 is 0 Å². The number of nitrogens with one attached hydrogen (secondary N) is 1. The van der Waals surface area contributed by atoms with Gasteiger partial charge in [-0.25, -0.2) is 0 Å². The number of methoxy groups -OCH3 is 1. The van der Waals surface area contributed by atoms with Gasteiger partial charge in [0, 0.05) is 24.4 Å². The van der Waals surface area contributed by atoms with Crippen molar-refractivity contribution in [3.8, 4) is 6.07 Å². The number of anilines is 1. The monoisotopic (exact) mass is 437 g/mol. The number of fused-ring (bicyclic) bond motifs is 2. The predicted octanol–water partition coefficient (Wildman–Crippen LogP) is 3.82. The maximum Gasteiger partial charge on any atom is 0.323 e. The third-order valence-electron chi connectivity index (χ3n) is 6.23. The third-order valence-corrected chi connectivity index (χ3v) is 7.44.